The number of nitrogens with two attached hydrogens (primary N) is 1. The highest BCUT2D eigenvalue weighted by Crippen LogP contribution is 2.34. The van der Waals surface area contributed by atoms with Crippen molar-refractivity contribution in [3.8, 4) is 0 Å². The molecule has 3 rings (SSSR count). The predicted molar refractivity (Wildman–Crippen MR) is 117 cm³/mol. The molecule has 2 N–H and O–H groups in total. The van der Waals surface area contributed by atoms with Crippen LogP contribution < -0.4 is 10.6 Å². The number of rotatable bonds is 7. The first kappa shape index (κ1) is 21.6. The topological polar surface area (TPSA) is 88.7 Å². The van der Waals surface area contributed by atoms with E-state index in [2.05, 4.69) is 9.98 Å². The fourth-order valence-electron chi connectivity index (χ4n) is 3.29. The predicted octanol–water partition coefficient (Wildman–Crippen LogP) is 4.47. The van der Waals surface area contributed by atoms with Crippen LogP contribution in [0.1, 0.15) is 53.2 Å². The molecule has 1 aromatic heterocycles. The Morgan fingerprint density at radius 2 is 1.90 bits per heavy atom. The fourth-order valence-corrected chi connectivity index (χ4v) is 3.49. The quantitative estimate of drug-likeness (QED) is 0.704. The number of carbonyl (C=O) groups excluding carboxylic acids is 2. The van der Waals surface area contributed by atoms with Crippen molar-refractivity contribution in [2.75, 3.05) is 18.0 Å². The van der Waals surface area contributed by atoms with Crippen LogP contribution >= 0.6 is 11.6 Å². The minimum atomic E-state index is -0.733. The summed E-state index contributed by atoms with van der Waals surface area (Å²) in [6.07, 6.45) is 4.58. The van der Waals surface area contributed by atoms with Crippen molar-refractivity contribution in [2.24, 2.45) is 10.7 Å². The lowest BCUT2D eigenvalue weighted by molar-refractivity contribution is 0.0995. The fraction of sp³-hybridized carbons (Fsp3) is 0.273. The van der Waals surface area contributed by atoms with Crippen LogP contribution in [0.25, 0.3) is 0 Å². The Hall–Kier alpha value is -3.06. The Kier molecular flexibility index (Phi) is 6.62. The lowest BCUT2D eigenvalue weighted by Gasteiger charge is -2.24. The molecular formula is C22H22ClFN4O2. The van der Waals surface area contributed by atoms with Crippen molar-refractivity contribution in [2.45, 2.75) is 26.7 Å². The van der Waals surface area contributed by atoms with Crippen LogP contribution in [0.15, 0.2) is 41.4 Å². The molecule has 0 spiro atoms. The number of hydrogen-bond acceptors (Lipinski definition) is 5. The zero-order chi connectivity index (χ0) is 21.8. The first-order chi connectivity index (χ1) is 14.3. The number of nitrogens with zero attached hydrogens (tertiary/aromatic N) is 3. The van der Waals surface area contributed by atoms with Gasteiger partial charge in [-0.15, -0.1) is 0 Å². The van der Waals surface area contributed by atoms with Gasteiger partial charge in [0.25, 0.3) is 5.91 Å². The second-order valence-electron chi connectivity index (χ2n) is 6.89. The Bertz CT molecular complexity index is 1060. The molecule has 8 heteroatoms. The number of allylic oxidation sites excluding steroid dienone is 2. The number of aliphatic imine (C=N–C) groups is 1. The molecule has 0 aliphatic heterocycles. The van der Waals surface area contributed by atoms with Gasteiger partial charge in [0, 0.05) is 24.7 Å². The number of primary amides is 1. The summed E-state index contributed by atoms with van der Waals surface area (Å²) in [5.74, 6) is -1.52. The minimum absolute atomic E-state index is 0.0166. The lowest BCUT2D eigenvalue weighted by Crippen LogP contribution is -2.25. The molecule has 1 heterocycles. The van der Waals surface area contributed by atoms with Gasteiger partial charge in [-0.05, 0) is 43.2 Å². The molecule has 1 aliphatic carbocycles. The van der Waals surface area contributed by atoms with Gasteiger partial charge in [-0.1, -0.05) is 25.4 Å². The maximum Gasteiger partial charge on any atom is 0.267 e. The number of aromatic nitrogens is 1. The third-order valence-corrected chi connectivity index (χ3v) is 4.94. The number of ketones is 1. The Morgan fingerprint density at radius 1 is 1.20 bits per heavy atom. The Balaban J connectivity index is 2.04. The molecule has 0 fully saturated rings. The average molecular weight is 429 g/mol. The molecule has 2 aromatic rings. The summed E-state index contributed by atoms with van der Waals surface area (Å²) in [4.78, 5) is 34.0. The molecule has 1 aliphatic rings. The zero-order valence-electron chi connectivity index (χ0n) is 16.8. The highest BCUT2D eigenvalue weighted by atomic mass is 35.5. The summed E-state index contributed by atoms with van der Waals surface area (Å²) in [7, 11) is 0. The van der Waals surface area contributed by atoms with Crippen LogP contribution in [-0.2, 0) is 0 Å². The standard InChI is InChI=1S/C22H22ClFN4O2/c1-3-9-28(10-4-2)19-11-14(23)18(12-15(19)24)26-16-7-8-20(29)21-13(16)5-6-17(27-21)22(25)30/h5-8,11-12H,3-4,9-10H2,1-2H3,(H2,25,30). The van der Waals surface area contributed by atoms with Gasteiger partial charge < -0.3 is 10.6 Å². The molecule has 1 amide bonds. The van der Waals surface area contributed by atoms with E-state index in [4.69, 9.17) is 17.3 Å². The highest BCUT2D eigenvalue weighted by Gasteiger charge is 2.22. The van der Waals surface area contributed by atoms with E-state index >= 15 is 0 Å². The molecule has 156 valence electrons. The molecule has 0 bridgehead atoms. The van der Waals surface area contributed by atoms with Crippen LogP contribution in [0, 0.1) is 5.82 Å². The number of hydrogen-bond donors (Lipinski definition) is 1. The molecule has 1 aromatic carbocycles. The van der Waals surface area contributed by atoms with E-state index in [9.17, 15) is 14.0 Å². The van der Waals surface area contributed by atoms with Gasteiger partial charge in [0.1, 0.15) is 17.2 Å². The second kappa shape index (κ2) is 9.17. The number of halogens is 2. The van der Waals surface area contributed by atoms with Gasteiger partial charge in [-0.3, -0.25) is 9.59 Å². The van der Waals surface area contributed by atoms with Crippen molar-refractivity contribution in [1.82, 2.24) is 4.98 Å². The monoisotopic (exact) mass is 428 g/mol. The third-order valence-electron chi connectivity index (χ3n) is 4.63. The van der Waals surface area contributed by atoms with Gasteiger partial charge in [0.15, 0.2) is 0 Å². The van der Waals surface area contributed by atoms with E-state index in [0.29, 0.717) is 22.0 Å². The summed E-state index contributed by atoms with van der Waals surface area (Å²) in [5.41, 5.74) is 6.79. The maximum atomic E-state index is 14.9. The van der Waals surface area contributed by atoms with Gasteiger partial charge in [-0.2, -0.15) is 0 Å². The van der Waals surface area contributed by atoms with Gasteiger partial charge >= 0.3 is 0 Å². The molecule has 0 saturated carbocycles. The molecule has 0 radical (unpaired) electrons. The first-order valence-electron chi connectivity index (χ1n) is 9.72. The Labute approximate surface area is 179 Å². The van der Waals surface area contributed by atoms with E-state index in [-0.39, 0.29) is 22.9 Å². The third kappa shape index (κ3) is 4.41. The van der Waals surface area contributed by atoms with Crippen LogP contribution in [0.3, 0.4) is 0 Å². The van der Waals surface area contributed by atoms with E-state index in [1.807, 2.05) is 18.7 Å². The van der Waals surface area contributed by atoms with Crippen LogP contribution in [0.4, 0.5) is 15.8 Å². The van der Waals surface area contributed by atoms with Crippen molar-refractivity contribution in [3.63, 3.8) is 0 Å². The summed E-state index contributed by atoms with van der Waals surface area (Å²) in [6, 6.07) is 5.83. The second-order valence-corrected chi connectivity index (χ2v) is 7.30. The number of fused-ring (bicyclic) bond motifs is 1. The maximum absolute atomic E-state index is 14.9. The SMILES string of the molecule is CCCN(CCC)c1cc(Cl)c(N=C2C=CC(=O)c3nc(C(N)=O)ccc32)cc1F. The van der Waals surface area contributed by atoms with Crippen molar-refractivity contribution >= 4 is 40.4 Å². The van der Waals surface area contributed by atoms with Crippen molar-refractivity contribution in [3.05, 3.63) is 64.2 Å². The van der Waals surface area contributed by atoms with Crippen LogP contribution in [-0.4, -0.2) is 35.5 Å². The summed E-state index contributed by atoms with van der Waals surface area (Å²) >= 11 is 6.42. The van der Waals surface area contributed by atoms with E-state index in [0.717, 1.165) is 25.9 Å². The highest BCUT2D eigenvalue weighted by molar-refractivity contribution is 6.34. The molecule has 0 unspecified atom stereocenters. The Morgan fingerprint density at radius 3 is 2.53 bits per heavy atom. The summed E-state index contributed by atoms with van der Waals surface area (Å²) < 4.78 is 14.9. The molecule has 6 nitrogen and oxygen atoms in total. The average Bonchev–Trinajstić information content (AvgIpc) is 2.72. The molecule has 0 atom stereocenters. The van der Waals surface area contributed by atoms with Crippen LogP contribution in [0.2, 0.25) is 5.02 Å². The van der Waals surface area contributed by atoms with Crippen LogP contribution in [0.5, 0.6) is 0 Å². The summed E-state index contributed by atoms with van der Waals surface area (Å²) in [5, 5.41) is 0.296. The van der Waals surface area contributed by atoms with E-state index < -0.39 is 11.7 Å². The lowest BCUT2D eigenvalue weighted by atomic mass is 9.98. The smallest absolute Gasteiger partial charge is 0.267 e. The minimum Gasteiger partial charge on any atom is -0.369 e. The zero-order valence-corrected chi connectivity index (χ0v) is 17.5. The molecule has 0 saturated heterocycles. The van der Waals surface area contributed by atoms with Crippen molar-refractivity contribution < 1.29 is 14.0 Å². The van der Waals surface area contributed by atoms with Gasteiger partial charge in [0.05, 0.1) is 22.1 Å². The molecule has 30 heavy (non-hydrogen) atoms. The first-order valence-corrected chi connectivity index (χ1v) is 10.1. The number of pyridine rings is 1. The summed E-state index contributed by atoms with van der Waals surface area (Å²) in [6.45, 7) is 5.52. The van der Waals surface area contributed by atoms with E-state index in [1.165, 1.54) is 24.3 Å². The number of amides is 1. The number of anilines is 1. The normalized spacial score (nSPS) is 14.1. The number of benzene rings is 1. The number of carbonyl (C=O) groups is 2. The molecular weight excluding hydrogens is 407 g/mol. The van der Waals surface area contributed by atoms with Crippen molar-refractivity contribution in [1.29, 1.82) is 0 Å². The van der Waals surface area contributed by atoms with Gasteiger partial charge in [-0.25, -0.2) is 14.4 Å². The van der Waals surface area contributed by atoms with Gasteiger partial charge in [0.2, 0.25) is 5.78 Å². The largest absolute Gasteiger partial charge is 0.369 e. The van der Waals surface area contributed by atoms with E-state index in [1.54, 1.807) is 12.1 Å².